The Morgan fingerprint density at radius 3 is 2.39 bits per heavy atom. The van der Waals surface area contributed by atoms with Gasteiger partial charge in [0.1, 0.15) is 18.2 Å². The number of benzene rings is 3. The first kappa shape index (κ1) is 23.6. The number of ether oxygens (including phenoxy) is 2. The molecule has 0 saturated heterocycles. The lowest BCUT2D eigenvalue weighted by Gasteiger charge is -2.13. The van der Waals surface area contributed by atoms with Crippen molar-refractivity contribution < 1.29 is 24.2 Å². The van der Waals surface area contributed by atoms with Gasteiger partial charge in [0.2, 0.25) is 0 Å². The first-order valence-corrected chi connectivity index (χ1v) is 10.5. The van der Waals surface area contributed by atoms with E-state index in [-0.39, 0.29) is 17.7 Å². The maximum atomic E-state index is 12.5. The highest BCUT2D eigenvalue weighted by Crippen LogP contribution is 2.35. The van der Waals surface area contributed by atoms with Crippen LogP contribution in [0.5, 0.6) is 11.5 Å². The molecular weight excluding hydrogens is 488 g/mol. The maximum absolute atomic E-state index is 12.5. The lowest BCUT2D eigenvalue weighted by Crippen LogP contribution is -2.22. The number of hydrogen-bond acceptors (Lipinski definition) is 6. The van der Waals surface area contributed by atoms with Crippen molar-refractivity contribution in [2.45, 2.75) is 6.61 Å². The molecule has 0 bridgehead atoms. The van der Waals surface area contributed by atoms with E-state index in [0.29, 0.717) is 27.2 Å². The first-order valence-electron chi connectivity index (χ1n) is 9.70. The molecule has 0 spiro atoms. The molecule has 0 aromatic heterocycles. The first-order chi connectivity index (χ1) is 15.9. The molecule has 3 rings (SSSR count). The van der Waals surface area contributed by atoms with Gasteiger partial charge in [-0.25, -0.2) is 0 Å². The number of carbonyl (C=O) groups is 2. The summed E-state index contributed by atoms with van der Waals surface area (Å²) in [6.45, 7) is 0.175. The predicted octanol–water partition coefficient (Wildman–Crippen LogP) is 3.95. The summed E-state index contributed by atoms with van der Waals surface area (Å²) >= 11 is 3.44. The summed E-state index contributed by atoms with van der Waals surface area (Å²) in [5.74, 6) is -0.949. The van der Waals surface area contributed by atoms with Gasteiger partial charge in [-0.15, -0.1) is 0 Å². The third-order valence-electron chi connectivity index (χ3n) is 4.56. The zero-order valence-corrected chi connectivity index (χ0v) is 19.1. The molecule has 0 saturated carbocycles. The van der Waals surface area contributed by atoms with E-state index in [2.05, 4.69) is 21.2 Å². The second-order valence-electron chi connectivity index (χ2n) is 6.79. The average molecular weight is 506 g/mol. The number of nitrogens with zero attached hydrogens (tertiary/aromatic N) is 1. The summed E-state index contributed by atoms with van der Waals surface area (Å²) in [6.07, 6.45) is 1.45. The summed E-state index contributed by atoms with van der Waals surface area (Å²) in [4.78, 5) is 23.4. The van der Waals surface area contributed by atoms with Crippen LogP contribution in [-0.4, -0.2) is 19.0 Å². The standard InChI is InChI=1S/C25H19BrN2O5/c1-32-22-12-18(11-19(14-27)24(29)28-20-5-3-2-4-6-20)21(26)13-23(22)33-15-16-7-9-17(10-8-16)25(30)31/h2-13H,15H2,1H3,(H,28,29)(H,30,31)/p-1/b19-11+. The van der Waals surface area contributed by atoms with E-state index in [9.17, 15) is 20.0 Å². The zero-order chi connectivity index (χ0) is 23.8. The fourth-order valence-electron chi connectivity index (χ4n) is 2.86. The quantitative estimate of drug-likeness (QED) is 0.366. The van der Waals surface area contributed by atoms with Crippen LogP contribution >= 0.6 is 15.9 Å². The fraction of sp³-hybridized carbons (Fsp3) is 0.0800. The molecule has 7 nitrogen and oxygen atoms in total. The minimum absolute atomic E-state index is 0.0803. The highest BCUT2D eigenvalue weighted by Gasteiger charge is 2.14. The largest absolute Gasteiger partial charge is 0.545 e. The Bertz CT molecular complexity index is 1230. The van der Waals surface area contributed by atoms with Gasteiger partial charge in [0.25, 0.3) is 5.91 Å². The zero-order valence-electron chi connectivity index (χ0n) is 17.5. The number of nitriles is 1. The third-order valence-corrected chi connectivity index (χ3v) is 5.25. The van der Waals surface area contributed by atoms with Crippen LogP contribution in [0.4, 0.5) is 5.69 Å². The van der Waals surface area contributed by atoms with Gasteiger partial charge in [-0.3, -0.25) is 4.79 Å². The topological polar surface area (TPSA) is 111 Å². The Labute approximate surface area is 199 Å². The third kappa shape index (κ3) is 6.21. The summed E-state index contributed by atoms with van der Waals surface area (Å²) < 4.78 is 11.8. The van der Waals surface area contributed by atoms with E-state index in [0.717, 1.165) is 5.56 Å². The molecule has 0 aliphatic carbocycles. The van der Waals surface area contributed by atoms with Gasteiger partial charge in [-0.1, -0.05) is 58.4 Å². The molecule has 1 N–H and O–H groups in total. The summed E-state index contributed by atoms with van der Waals surface area (Å²) in [7, 11) is 1.48. The summed E-state index contributed by atoms with van der Waals surface area (Å²) in [6, 6.07) is 20.2. The molecule has 0 unspecified atom stereocenters. The molecule has 33 heavy (non-hydrogen) atoms. The summed E-state index contributed by atoms with van der Waals surface area (Å²) in [5.41, 5.74) is 1.89. The van der Waals surface area contributed by atoms with Crippen molar-refractivity contribution in [3.63, 3.8) is 0 Å². The molecule has 0 fully saturated rings. The van der Waals surface area contributed by atoms with Crippen molar-refractivity contribution in [1.29, 1.82) is 5.26 Å². The molecule has 3 aromatic rings. The fourth-order valence-corrected chi connectivity index (χ4v) is 3.29. The Kier molecular flexibility index (Phi) is 7.84. The number of rotatable bonds is 8. The molecule has 0 atom stereocenters. The minimum Gasteiger partial charge on any atom is -0.545 e. The van der Waals surface area contributed by atoms with Crippen LogP contribution in [0.2, 0.25) is 0 Å². The molecule has 1 amide bonds. The van der Waals surface area contributed by atoms with Gasteiger partial charge in [0, 0.05) is 10.2 Å². The molecule has 166 valence electrons. The van der Waals surface area contributed by atoms with E-state index < -0.39 is 11.9 Å². The van der Waals surface area contributed by atoms with Crippen molar-refractivity contribution in [3.8, 4) is 17.6 Å². The average Bonchev–Trinajstić information content (AvgIpc) is 2.82. The number of nitrogens with one attached hydrogen (secondary N) is 1. The maximum Gasteiger partial charge on any atom is 0.266 e. The number of anilines is 1. The van der Waals surface area contributed by atoms with Gasteiger partial charge in [0.05, 0.1) is 13.1 Å². The van der Waals surface area contributed by atoms with Crippen LogP contribution in [-0.2, 0) is 11.4 Å². The number of aromatic carboxylic acids is 1. The molecule has 0 heterocycles. The number of amides is 1. The number of carboxylic acids is 1. The van der Waals surface area contributed by atoms with Crippen molar-refractivity contribution in [2.75, 3.05) is 12.4 Å². The van der Waals surface area contributed by atoms with Crippen LogP contribution in [0.15, 0.2) is 76.8 Å². The Balaban J connectivity index is 1.79. The number of carboxylic acid groups (broad SMARTS) is 1. The predicted molar refractivity (Wildman–Crippen MR) is 124 cm³/mol. The monoisotopic (exact) mass is 505 g/mol. The van der Waals surface area contributed by atoms with E-state index in [4.69, 9.17) is 9.47 Å². The van der Waals surface area contributed by atoms with Crippen LogP contribution in [0.25, 0.3) is 6.08 Å². The van der Waals surface area contributed by atoms with Gasteiger partial charge in [0.15, 0.2) is 11.5 Å². The van der Waals surface area contributed by atoms with Gasteiger partial charge < -0.3 is 24.7 Å². The Morgan fingerprint density at radius 2 is 1.79 bits per heavy atom. The van der Waals surface area contributed by atoms with E-state index >= 15 is 0 Å². The molecule has 8 heteroatoms. The number of hydrogen-bond donors (Lipinski definition) is 1. The van der Waals surface area contributed by atoms with Crippen molar-refractivity contribution in [3.05, 3.63) is 93.5 Å². The summed E-state index contributed by atoms with van der Waals surface area (Å²) in [5, 5.41) is 23.0. The van der Waals surface area contributed by atoms with Crippen molar-refractivity contribution in [2.24, 2.45) is 0 Å². The second kappa shape index (κ2) is 11.0. The molecule has 0 radical (unpaired) electrons. The van der Waals surface area contributed by atoms with E-state index in [1.165, 1.54) is 25.3 Å². The Hall–Kier alpha value is -4.09. The van der Waals surface area contributed by atoms with Gasteiger partial charge >= 0.3 is 0 Å². The molecular formula is C25H18BrN2O5-. The second-order valence-corrected chi connectivity index (χ2v) is 7.64. The minimum atomic E-state index is -1.24. The molecule has 3 aromatic carbocycles. The molecule has 0 aliphatic rings. The SMILES string of the molecule is COc1cc(/C=C(\C#N)C(=O)Nc2ccccc2)c(Br)cc1OCc1ccc(C(=O)[O-])cc1. The van der Waals surface area contributed by atoms with Crippen molar-refractivity contribution >= 4 is 39.6 Å². The van der Waals surface area contributed by atoms with E-state index in [1.807, 2.05) is 12.1 Å². The highest BCUT2D eigenvalue weighted by molar-refractivity contribution is 9.10. The molecule has 0 aliphatic heterocycles. The number of carbonyl (C=O) groups excluding carboxylic acids is 2. The highest BCUT2D eigenvalue weighted by atomic mass is 79.9. The number of halogens is 1. The van der Waals surface area contributed by atoms with Crippen LogP contribution in [0, 0.1) is 11.3 Å². The lowest BCUT2D eigenvalue weighted by molar-refractivity contribution is -0.255. The number of methoxy groups -OCH3 is 1. The lowest BCUT2D eigenvalue weighted by atomic mass is 10.1. The van der Waals surface area contributed by atoms with Crippen LogP contribution in [0.1, 0.15) is 21.5 Å². The smallest absolute Gasteiger partial charge is 0.266 e. The number of para-hydroxylation sites is 1. The van der Waals surface area contributed by atoms with Crippen molar-refractivity contribution in [1.82, 2.24) is 0 Å². The normalized spacial score (nSPS) is 10.8. The van der Waals surface area contributed by atoms with Gasteiger partial charge in [-0.05, 0) is 47.0 Å². The van der Waals surface area contributed by atoms with Crippen LogP contribution in [0.3, 0.4) is 0 Å². The van der Waals surface area contributed by atoms with Gasteiger partial charge in [-0.2, -0.15) is 5.26 Å². The Morgan fingerprint density at radius 1 is 1.09 bits per heavy atom. The van der Waals surface area contributed by atoms with Crippen LogP contribution < -0.4 is 19.9 Å². The van der Waals surface area contributed by atoms with E-state index in [1.54, 1.807) is 48.5 Å².